The molecule has 0 aliphatic carbocycles. The van der Waals surface area contributed by atoms with E-state index in [2.05, 4.69) is 79.1 Å². The van der Waals surface area contributed by atoms with E-state index in [-0.39, 0.29) is 89.6 Å². The van der Waals surface area contributed by atoms with Crippen LogP contribution in [0.3, 0.4) is 0 Å². The SMILES string of the molecule is CC[C@H](C)[C@@H]1NC(=O)[C@@H](NC(=O)[C@H](Cc2c[nH]c3ccccc23)NC(=O)[C@@H](CCCN)NC(=O)CNC(=O)[C@H](CCCN)NC(=O)[C@@H](CCCN)NC(=O)[C@@H](Cc2c[nH]c3ccccc23)NC(=O)[C@@H](Cc2ccc(O)cc2)NC(=O)[C@@H](CO)NC(C)=O)[C@@H](C)OC(=O)CNC(=O)CNC(=O)[C@H](CC(N)=O)NC1=O. The third-order valence-electron chi connectivity index (χ3n) is 17.8. The summed E-state index contributed by atoms with van der Waals surface area (Å²) < 4.78 is 5.55. The number of primary amides is 1. The zero-order valence-corrected chi connectivity index (χ0v) is 60.5. The van der Waals surface area contributed by atoms with E-state index in [1.54, 1.807) is 74.8 Å². The van der Waals surface area contributed by atoms with Crippen LogP contribution in [0.15, 0.2) is 85.2 Å². The Labute approximate surface area is 621 Å². The van der Waals surface area contributed by atoms with Crippen molar-refractivity contribution in [1.29, 1.82) is 0 Å². The lowest BCUT2D eigenvalue weighted by molar-refractivity contribution is -0.153. The number of cyclic esters (lactones) is 1. The van der Waals surface area contributed by atoms with Gasteiger partial charge in [0.05, 0.1) is 26.1 Å². The van der Waals surface area contributed by atoms with Gasteiger partial charge in [-0.3, -0.25) is 71.9 Å². The van der Waals surface area contributed by atoms with E-state index in [9.17, 15) is 82.1 Å². The first-order chi connectivity index (χ1) is 51.6. The molecular weight excluding hydrogens is 1410 g/mol. The maximum absolute atomic E-state index is 15.0. The molecule has 586 valence electrons. The first kappa shape index (κ1) is 85.4. The first-order valence-corrected chi connectivity index (χ1v) is 35.4. The molecule has 0 radical (unpaired) electrons. The molecule has 0 saturated carbocycles. The number of rotatable bonds is 37. The monoisotopic (exact) mass is 1510 g/mol. The van der Waals surface area contributed by atoms with E-state index < -0.39 is 194 Å². The quantitative estimate of drug-likeness (QED) is 0.0165. The van der Waals surface area contributed by atoms with Crippen molar-refractivity contribution in [2.45, 2.75) is 165 Å². The zero-order chi connectivity index (χ0) is 79.1. The zero-order valence-electron chi connectivity index (χ0n) is 60.5. The molecule has 2 aromatic heterocycles. The summed E-state index contributed by atoms with van der Waals surface area (Å²) in [4.78, 5) is 213. The van der Waals surface area contributed by atoms with E-state index in [4.69, 9.17) is 27.7 Å². The predicted molar refractivity (Wildman–Crippen MR) is 391 cm³/mol. The Morgan fingerprint density at radius 1 is 0.565 bits per heavy atom. The molecule has 37 nitrogen and oxygen atoms in total. The van der Waals surface area contributed by atoms with Gasteiger partial charge >= 0.3 is 5.97 Å². The summed E-state index contributed by atoms with van der Waals surface area (Å²) >= 11 is 0. The van der Waals surface area contributed by atoms with Crippen LogP contribution >= 0.6 is 0 Å². The summed E-state index contributed by atoms with van der Waals surface area (Å²) in [5.74, 6) is -15.0. The van der Waals surface area contributed by atoms with Gasteiger partial charge in [-0.1, -0.05) is 68.8 Å². The minimum Gasteiger partial charge on any atom is -0.508 e. The fourth-order valence-electron chi connectivity index (χ4n) is 11.8. The molecule has 1 fully saturated rings. The number of hydrogen-bond donors (Lipinski definition) is 21. The second kappa shape index (κ2) is 42.5. The van der Waals surface area contributed by atoms with E-state index in [0.29, 0.717) is 38.5 Å². The van der Waals surface area contributed by atoms with Crippen molar-refractivity contribution in [1.82, 2.24) is 79.1 Å². The highest BCUT2D eigenvalue weighted by molar-refractivity contribution is 6.01. The van der Waals surface area contributed by atoms with E-state index >= 15 is 0 Å². The van der Waals surface area contributed by atoms with Gasteiger partial charge in [-0.15, -0.1) is 0 Å². The number of nitrogens with two attached hydrogens (primary N) is 4. The van der Waals surface area contributed by atoms with Crippen LogP contribution in [-0.2, 0) is 95.9 Å². The lowest BCUT2D eigenvalue weighted by Gasteiger charge is -2.31. The van der Waals surface area contributed by atoms with E-state index in [1.807, 2.05) is 0 Å². The Hall–Kier alpha value is -11.6. The number of carbonyl (C=O) groups excluding carboxylic acids is 15. The van der Waals surface area contributed by atoms with Crippen molar-refractivity contribution in [3.05, 3.63) is 102 Å². The maximum Gasteiger partial charge on any atom is 0.325 e. The molecule has 5 aromatic rings. The average Bonchev–Trinajstić information content (AvgIpc) is 1.40. The van der Waals surface area contributed by atoms with Crippen molar-refractivity contribution in [3.63, 3.8) is 0 Å². The summed E-state index contributed by atoms with van der Waals surface area (Å²) in [6.45, 7) is 2.56. The standard InChI is InChI=1S/C71H99N19O18/c1-5-37(2)60-70(106)88-54(30-56(75)94)63(99)79-33-57(95)78-35-59(97)108-38(3)61(71(107)89-60)90-68(104)53(29-42-32-77-47-16-9-7-14-45(42)47)86-64(100)49(18-11-25-73)82-58(96)34-80-62(98)48(17-10-24-72)83-65(101)50(19-12-26-74)84-67(103)52(28-41-31-76-46-15-8-6-13-44(41)46)87-66(102)51(27-40-20-22-43(93)23-21-40)85-69(105)55(36-91)81-39(4)92/h6-9,13-16,20-23,31-32,37-38,48-55,60-61,76-77,91,93H,5,10-12,17-19,24-30,33-36,72-74H2,1-4H3,(H2,75,94)(H,78,95)(H,79,99)(H,80,98)(H,81,92)(H,82,96)(H,83,101)(H,84,103)(H,85,105)(H,86,100)(H,87,102)(H,88,106)(H,89,107)(H,90,104)/t37-,38+,48-,49+,50+,51+,52+,53-,54-,55+,60-,61-/m0/s1. The fraction of sp³-hybridized carbons (Fsp3) is 0.479. The van der Waals surface area contributed by atoms with Gasteiger partial charge in [0.15, 0.2) is 0 Å². The smallest absolute Gasteiger partial charge is 0.325 e. The Bertz CT molecular complexity index is 4000. The molecule has 1 aliphatic heterocycles. The molecule has 108 heavy (non-hydrogen) atoms. The van der Waals surface area contributed by atoms with Crippen molar-refractivity contribution in [3.8, 4) is 5.75 Å². The van der Waals surface area contributed by atoms with Crippen molar-refractivity contribution >= 4 is 110 Å². The van der Waals surface area contributed by atoms with Crippen LogP contribution in [0.4, 0.5) is 0 Å². The van der Waals surface area contributed by atoms with Gasteiger partial charge in [-0.25, -0.2) is 0 Å². The van der Waals surface area contributed by atoms with Gasteiger partial charge in [0.2, 0.25) is 82.7 Å². The number of aromatic hydroxyl groups is 1. The van der Waals surface area contributed by atoms with Crippen LogP contribution in [0.5, 0.6) is 5.75 Å². The number of ether oxygens (including phenoxy) is 1. The number of H-pyrrole nitrogens is 2. The number of carbonyl (C=O) groups is 15. The van der Waals surface area contributed by atoms with E-state index in [1.165, 1.54) is 31.2 Å². The number of aliphatic hydroxyl groups excluding tert-OH is 1. The highest BCUT2D eigenvalue weighted by atomic mass is 16.5. The number of hydrogen-bond acceptors (Lipinski definition) is 21. The van der Waals surface area contributed by atoms with Gasteiger partial charge in [0, 0.05) is 60.4 Å². The largest absolute Gasteiger partial charge is 0.508 e. The molecule has 25 N–H and O–H groups in total. The van der Waals surface area contributed by atoms with Crippen LogP contribution in [0, 0.1) is 5.92 Å². The second-order valence-corrected chi connectivity index (χ2v) is 26.1. The molecule has 37 heteroatoms. The number of phenols is 1. The number of para-hydroxylation sites is 2. The summed E-state index contributed by atoms with van der Waals surface area (Å²) in [5, 5.41) is 54.0. The van der Waals surface area contributed by atoms with Gasteiger partial charge < -0.3 is 117 Å². The molecule has 0 spiro atoms. The number of esters is 1. The van der Waals surface area contributed by atoms with Crippen LogP contribution in [0.2, 0.25) is 0 Å². The molecule has 3 aromatic carbocycles. The molecule has 6 rings (SSSR count). The molecule has 12 atom stereocenters. The summed E-state index contributed by atoms with van der Waals surface area (Å²) in [6.07, 6.45) is 0.527. The van der Waals surface area contributed by atoms with Gasteiger partial charge in [-0.2, -0.15) is 0 Å². The molecule has 1 aliphatic rings. The summed E-state index contributed by atoms with van der Waals surface area (Å²) in [5.41, 5.74) is 25.9. The lowest BCUT2D eigenvalue weighted by Crippen LogP contribution is -2.63. The van der Waals surface area contributed by atoms with Crippen LogP contribution in [-0.4, -0.2) is 221 Å². The van der Waals surface area contributed by atoms with Gasteiger partial charge in [0.1, 0.15) is 78.8 Å². The van der Waals surface area contributed by atoms with Crippen molar-refractivity contribution in [2.75, 3.05) is 45.9 Å². The Morgan fingerprint density at radius 3 is 1.56 bits per heavy atom. The van der Waals surface area contributed by atoms with Gasteiger partial charge in [0.25, 0.3) is 0 Å². The third kappa shape index (κ3) is 26.2. The van der Waals surface area contributed by atoms with Crippen LogP contribution < -0.4 is 92.1 Å². The molecule has 14 amide bonds. The number of nitrogens with one attached hydrogen (secondary N) is 15. The topological polar surface area (TPSA) is 598 Å². The molecular formula is C71H99N19O18. The number of benzene rings is 3. The normalized spacial score (nSPS) is 18.0. The number of phenolic OH excluding ortho intramolecular Hbond substituents is 1. The van der Waals surface area contributed by atoms with E-state index in [0.717, 1.165) is 6.92 Å². The number of aromatic nitrogens is 2. The van der Waals surface area contributed by atoms with Crippen molar-refractivity contribution in [2.24, 2.45) is 28.9 Å². The third-order valence-corrected chi connectivity index (χ3v) is 17.8. The number of aliphatic hydroxyl groups is 1. The van der Waals surface area contributed by atoms with Gasteiger partial charge in [-0.05, 0) is 112 Å². The molecule has 0 bridgehead atoms. The van der Waals surface area contributed by atoms with Crippen LogP contribution in [0.25, 0.3) is 21.8 Å². The Kier molecular flexibility index (Phi) is 33.6. The first-order valence-electron chi connectivity index (χ1n) is 35.4. The second-order valence-electron chi connectivity index (χ2n) is 26.1. The highest BCUT2D eigenvalue weighted by Gasteiger charge is 2.40. The summed E-state index contributed by atoms with van der Waals surface area (Å²) in [7, 11) is 0. The highest BCUT2D eigenvalue weighted by Crippen LogP contribution is 2.23. The Balaban J connectivity index is 1.22. The van der Waals surface area contributed by atoms with Crippen LogP contribution in [0.1, 0.15) is 95.8 Å². The minimum absolute atomic E-state index is 0.00675. The molecule has 1 saturated heterocycles. The minimum atomic E-state index is -1.87. The summed E-state index contributed by atoms with van der Waals surface area (Å²) in [6, 6.07) is 4.39. The maximum atomic E-state index is 15.0. The number of fused-ring (bicyclic) bond motifs is 2. The number of amides is 14. The predicted octanol–water partition coefficient (Wildman–Crippen LogP) is -5.33. The average molecular weight is 1510 g/mol. The fourth-order valence-corrected chi connectivity index (χ4v) is 11.8. The van der Waals surface area contributed by atoms with Crippen molar-refractivity contribution < 1.29 is 86.9 Å². The molecule has 3 heterocycles. The molecule has 0 unspecified atom stereocenters. The Morgan fingerprint density at radius 2 is 1.05 bits per heavy atom. The number of aromatic amines is 2. The lowest BCUT2D eigenvalue weighted by atomic mass is 9.96.